The number of hydrogen-bond acceptors (Lipinski definition) is 5. The molecule has 0 aliphatic rings. The number of rotatable bonds is 15. The van der Waals surface area contributed by atoms with Crippen molar-refractivity contribution in [2.45, 2.75) is 90.0 Å². The minimum absolute atomic E-state index is 0.340. The first-order valence-electron chi connectivity index (χ1n) is 10.6. The van der Waals surface area contributed by atoms with E-state index in [1.54, 1.807) is 10.9 Å². The van der Waals surface area contributed by atoms with Gasteiger partial charge in [0.15, 0.2) is 5.95 Å². The number of carbonyl (C=O) groups excluding carboxylic acids is 1. The van der Waals surface area contributed by atoms with Crippen molar-refractivity contribution in [3.8, 4) is 0 Å². The third kappa shape index (κ3) is 7.70. The number of H-pyrrole nitrogens is 1. The Labute approximate surface area is 167 Å². The van der Waals surface area contributed by atoms with Gasteiger partial charge in [-0.2, -0.15) is 0 Å². The number of unbranched alkanes of at least 4 members (excludes halogenated alkanes) is 7. The van der Waals surface area contributed by atoms with Crippen LogP contribution in [-0.4, -0.2) is 30.9 Å². The van der Waals surface area contributed by atoms with E-state index in [0.717, 1.165) is 49.9 Å². The van der Waals surface area contributed by atoms with E-state index in [0.29, 0.717) is 5.95 Å². The Bertz CT molecular complexity index is 694. The zero-order chi connectivity index (χ0) is 20.2. The Kier molecular flexibility index (Phi) is 9.51. The van der Waals surface area contributed by atoms with Crippen molar-refractivity contribution in [2.24, 2.45) is 5.73 Å². The lowest BCUT2D eigenvalue weighted by Crippen LogP contribution is -2.27. The highest BCUT2D eigenvalue weighted by Gasteiger charge is 2.19. The Morgan fingerprint density at radius 2 is 1.82 bits per heavy atom. The lowest BCUT2D eigenvalue weighted by Gasteiger charge is -2.12. The number of aromatic amines is 1. The van der Waals surface area contributed by atoms with Gasteiger partial charge in [0.05, 0.1) is 11.9 Å². The fourth-order valence-electron chi connectivity index (χ4n) is 3.42. The molecule has 8 nitrogen and oxygen atoms in total. The number of nitrogens with one attached hydrogen (secondary N) is 1. The van der Waals surface area contributed by atoms with Crippen LogP contribution < -0.4 is 11.5 Å². The SMILES string of the molecule is CCCCCCCCCCC(C(N)=O)n1cc(CCCc2cnc(N)[nH]2)nn1. The standard InChI is InChI=1S/C20H35N7O/c1-2-3-4-5-6-7-8-9-13-18(19(21)28)27-15-17(25-26-27)12-10-11-16-14-23-20(22)24-16/h14-15,18H,2-13H2,1H3,(H2,21,28)(H3,22,23,24). The molecule has 0 saturated carbocycles. The maximum Gasteiger partial charge on any atom is 0.242 e. The van der Waals surface area contributed by atoms with Crippen molar-refractivity contribution in [3.63, 3.8) is 0 Å². The van der Waals surface area contributed by atoms with Crippen molar-refractivity contribution < 1.29 is 4.79 Å². The molecule has 28 heavy (non-hydrogen) atoms. The molecule has 1 atom stereocenters. The van der Waals surface area contributed by atoms with Gasteiger partial charge in [-0.3, -0.25) is 4.79 Å². The van der Waals surface area contributed by atoms with Crippen LogP contribution in [0, 0.1) is 0 Å². The maximum atomic E-state index is 11.9. The number of nitrogen functional groups attached to an aromatic ring is 1. The van der Waals surface area contributed by atoms with Crippen LogP contribution in [0.2, 0.25) is 0 Å². The van der Waals surface area contributed by atoms with Crippen LogP contribution in [0.5, 0.6) is 0 Å². The Morgan fingerprint density at radius 3 is 2.46 bits per heavy atom. The summed E-state index contributed by atoms with van der Waals surface area (Å²) in [5.41, 5.74) is 13.1. The van der Waals surface area contributed by atoms with E-state index in [-0.39, 0.29) is 5.91 Å². The average molecular weight is 390 g/mol. The highest BCUT2D eigenvalue weighted by atomic mass is 16.1. The van der Waals surface area contributed by atoms with Crippen LogP contribution >= 0.6 is 0 Å². The first kappa shape index (κ1) is 21.9. The summed E-state index contributed by atoms with van der Waals surface area (Å²) in [5, 5.41) is 8.34. The molecule has 1 unspecified atom stereocenters. The van der Waals surface area contributed by atoms with Gasteiger partial charge < -0.3 is 16.5 Å². The van der Waals surface area contributed by atoms with Crippen molar-refractivity contribution in [2.75, 3.05) is 5.73 Å². The smallest absolute Gasteiger partial charge is 0.242 e. The van der Waals surface area contributed by atoms with Gasteiger partial charge in [0, 0.05) is 11.9 Å². The van der Waals surface area contributed by atoms with Crippen LogP contribution in [-0.2, 0) is 17.6 Å². The number of amides is 1. The summed E-state index contributed by atoms with van der Waals surface area (Å²) < 4.78 is 1.63. The van der Waals surface area contributed by atoms with E-state index >= 15 is 0 Å². The molecule has 0 aliphatic carbocycles. The second-order valence-electron chi connectivity index (χ2n) is 7.52. The number of hydrogen-bond donors (Lipinski definition) is 3. The molecule has 2 heterocycles. The first-order valence-corrected chi connectivity index (χ1v) is 10.6. The van der Waals surface area contributed by atoms with Crippen molar-refractivity contribution >= 4 is 11.9 Å². The molecule has 0 spiro atoms. The van der Waals surface area contributed by atoms with E-state index in [9.17, 15) is 4.79 Å². The second-order valence-corrected chi connectivity index (χ2v) is 7.52. The number of anilines is 1. The van der Waals surface area contributed by atoms with E-state index < -0.39 is 6.04 Å². The number of nitrogens with zero attached hydrogens (tertiary/aromatic N) is 4. The highest BCUT2D eigenvalue weighted by molar-refractivity contribution is 5.78. The summed E-state index contributed by atoms with van der Waals surface area (Å²) in [6.45, 7) is 2.23. The van der Waals surface area contributed by atoms with E-state index in [1.165, 1.54) is 38.5 Å². The minimum Gasteiger partial charge on any atom is -0.369 e. The predicted octanol–water partition coefficient (Wildman–Crippen LogP) is 3.32. The lowest BCUT2D eigenvalue weighted by atomic mass is 10.0. The summed E-state index contributed by atoms with van der Waals surface area (Å²) >= 11 is 0. The molecular formula is C20H35N7O. The molecule has 2 aromatic rings. The van der Waals surface area contributed by atoms with E-state index in [1.807, 2.05) is 6.20 Å². The average Bonchev–Trinajstić information content (AvgIpc) is 3.29. The monoisotopic (exact) mass is 389 g/mol. The number of primary amides is 1. The number of imidazole rings is 1. The fourth-order valence-corrected chi connectivity index (χ4v) is 3.42. The fraction of sp³-hybridized carbons (Fsp3) is 0.700. The quantitative estimate of drug-likeness (QED) is 0.402. The van der Waals surface area contributed by atoms with Crippen LogP contribution in [0.25, 0.3) is 0 Å². The van der Waals surface area contributed by atoms with Gasteiger partial charge in [0.25, 0.3) is 0 Å². The maximum absolute atomic E-state index is 11.9. The summed E-state index contributed by atoms with van der Waals surface area (Å²) in [6, 6.07) is -0.409. The van der Waals surface area contributed by atoms with Gasteiger partial charge >= 0.3 is 0 Å². The van der Waals surface area contributed by atoms with E-state index in [4.69, 9.17) is 11.5 Å². The third-order valence-electron chi connectivity index (χ3n) is 5.06. The summed E-state index contributed by atoms with van der Waals surface area (Å²) in [5.74, 6) is 0.0959. The first-order chi connectivity index (χ1) is 13.6. The van der Waals surface area contributed by atoms with Crippen LogP contribution in [0.15, 0.2) is 12.4 Å². The Hall–Kier alpha value is -2.38. The molecule has 0 aliphatic heterocycles. The van der Waals surface area contributed by atoms with Gasteiger partial charge in [-0.05, 0) is 25.7 Å². The summed E-state index contributed by atoms with van der Waals surface area (Å²) in [7, 11) is 0. The zero-order valence-electron chi connectivity index (χ0n) is 17.1. The minimum atomic E-state index is -0.409. The van der Waals surface area contributed by atoms with E-state index in [2.05, 4.69) is 27.2 Å². The molecular weight excluding hydrogens is 354 g/mol. The van der Waals surface area contributed by atoms with Crippen molar-refractivity contribution in [3.05, 3.63) is 23.8 Å². The summed E-state index contributed by atoms with van der Waals surface area (Å²) in [4.78, 5) is 18.9. The van der Waals surface area contributed by atoms with Crippen LogP contribution in [0.1, 0.15) is 88.6 Å². The predicted molar refractivity (Wildman–Crippen MR) is 111 cm³/mol. The van der Waals surface area contributed by atoms with Crippen LogP contribution in [0.3, 0.4) is 0 Å². The Balaban J connectivity index is 1.70. The number of carbonyl (C=O) groups is 1. The molecule has 1 amide bonds. The molecule has 2 rings (SSSR count). The molecule has 0 bridgehead atoms. The highest BCUT2D eigenvalue weighted by Crippen LogP contribution is 2.17. The molecule has 2 aromatic heterocycles. The molecule has 0 saturated heterocycles. The molecule has 0 fully saturated rings. The van der Waals surface area contributed by atoms with Crippen LogP contribution in [0.4, 0.5) is 5.95 Å². The van der Waals surface area contributed by atoms with Gasteiger partial charge in [0.1, 0.15) is 6.04 Å². The summed E-state index contributed by atoms with van der Waals surface area (Å²) in [6.07, 6.45) is 16.7. The van der Waals surface area contributed by atoms with Gasteiger partial charge in [0.2, 0.25) is 5.91 Å². The van der Waals surface area contributed by atoms with Crippen molar-refractivity contribution in [1.82, 2.24) is 25.0 Å². The number of aryl methyl sites for hydroxylation is 2. The lowest BCUT2D eigenvalue weighted by molar-refractivity contribution is -0.121. The normalized spacial score (nSPS) is 12.3. The van der Waals surface area contributed by atoms with Gasteiger partial charge in [-0.25, -0.2) is 9.67 Å². The zero-order valence-corrected chi connectivity index (χ0v) is 17.1. The van der Waals surface area contributed by atoms with Crippen molar-refractivity contribution in [1.29, 1.82) is 0 Å². The number of aromatic nitrogens is 5. The Morgan fingerprint density at radius 1 is 1.11 bits per heavy atom. The second kappa shape index (κ2) is 12.2. The topological polar surface area (TPSA) is 128 Å². The molecule has 8 heteroatoms. The largest absolute Gasteiger partial charge is 0.369 e. The van der Waals surface area contributed by atoms with Gasteiger partial charge in [-0.1, -0.05) is 63.5 Å². The molecule has 5 N–H and O–H groups in total. The molecule has 0 aromatic carbocycles. The van der Waals surface area contributed by atoms with Gasteiger partial charge in [-0.15, -0.1) is 5.10 Å². The third-order valence-corrected chi connectivity index (χ3v) is 5.06. The number of nitrogens with two attached hydrogens (primary N) is 2. The molecule has 0 radical (unpaired) electrons. The molecule has 156 valence electrons.